The SMILES string of the molecule is CN1CCN(S(=O)(=O)c2cncc(-c3ccc(C[C@H](NC=O)C(=O)Nc4ccc(-c5nn[nH]n5)cc4)cc3)c2)CC1. The summed E-state index contributed by atoms with van der Waals surface area (Å²) >= 11 is 0. The van der Waals surface area contributed by atoms with Gasteiger partial charge in [0.15, 0.2) is 0 Å². The van der Waals surface area contributed by atoms with Crippen LogP contribution in [0.4, 0.5) is 5.69 Å². The number of piperazine rings is 1. The summed E-state index contributed by atoms with van der Waals surface area (Å²) in [7, 11) is -1.68. The summed E-state index contributed by atoms with van der Waals surface area (Å²) in [6.07, 6.45) is 3.74. The van der Waals surface area contributed by atoms with E-state index in [-0.39, 0.29) is 17.2 Å². The molecule has 4 aromatic rings. The summed E-state index contributed by atoms with van der Waals surface area (Å²) < 4.78 is 27.8. The molecule has 1 saturated heterocycles. The van der Waals surface area contributed by atoms with Gasteiger partial charge in [0, 0.05) is 61.8 Å². The van der Waals surface area contributed by atoms with E-state index in [0.29, 0.717) is 49.7 Å². The van der Waals surface area contributed by atoms with E-state index in [1.807, 2.05) is 31.3 Å². The molecule has 0 spiro atoms. The predicted octanol–water partition coefficient (Wildman–Crippen LogP) is 1.16. The first kappa shape index (κ1) is 28.0. The van der Waals surface area contributed by atoms with Gasteiger partial charge in [-0.25, -0.2) is 8.42 Å². The number of amides is 2. The summed E-state index contributed by atoms with van der Waals surface area (Å²) in [5.41, 5.74) is 3.54. The fourth-order valence-electron chi connectivity index (χ4n) is 4.49. The first-order chi connectivity index (χ1) is 19.8. The number of carbonyl (C=O) groups excluding carboxylic acids is 2. The molecular formula is C27H29N9O4S. The Bertz CT molecular complexity index is 1590. The molecule has 0 saturated carbocycles. The molecule has 2 amide bonds. The van der Waals surface area contributed by atoms with Gasteiger partial charge < -0.3 is 15.5 Å². The quantitative estimate of drug-likeness (QED) is 0.235. The van der Waals surface area contributed by atoms with Crippen molar-refractivity contribution in [3.05, 3.63) is 72.6 Å². The highest BCUT2D eigenvalue weighted by molar-refractivity contribution is 7.89. The number of hydrogen-bond donors (Lipinski definition) is 3. The van der Waals surface area contributed by atoms with Crippen molar-refractivity contribution in [3.8, 4) is 22.5 Å². The second kappa shape index (κ2) is 12.3. The van der Waals surface area contributed by atoms with Crippen LogP contribution in [-0.2, 0) is 26.0 Å². The molecule has 1 fully saturated rings. The van der Waals surface area contributed by atoms with Crippen LogP contribution in [0.2, 0.25) is 0 Å². The van der Waals surface area contributed by atoms with Gasteiger partial charge in [0.05, 0.1) is 0 Å². The van der Waals surface area contributed by atoms with E-state index in [9.17, 15) is 18.0 Å². The molecule has 41 heavy (non-hydrogen) atoms. The van der Waals surface area contributed by atoms with E-state index >= 15 is 0 Å². The number of carbonyl (C=O) groups is 2. The van der Waals surface area contributed by atoms with Crippen LogP contribution < -0.4 is 10.6 Å². The first-order valence-electron chi connectivity index (χ1n) is 12.9. The average molecular weight is 576 g/mol. The summed E-state index contributed by atoms with van der Waals surface area (Å²) in [6.45, 7) is 2.24. The molecule has 1 aliphatic rings. The van der Waals surface area contributed by atoms with Crippen LogP contribution in [0.5, 0.6) is 0 Å². The zero-order valence-electron chi connectivity index (χ0n) is 22.3. The van der Waals surface area contributed by atoms with Crippen molar-refractivity contribution < 1.29 is 18.0 Å². The number of likely N-dealkylation sites (N-methyl/N-ethyl adjacent to an activating group) is 1. The summed E-state index contributed by atoms with van der Waals surface area (Å²) in [4.78, 5) is 30.6. The Morgan fingerprint density at radius 1 is 1.00 bits per heavy atom. The standard InChI is InChI=1S/C27H29N9O4S/c1-35-10-12-36(13-11-35)41(39,40)24-15-22(16-28-17-24)20-4-2-19(3-5-20)14-25(29-18-37)27(38)30-23-8-6-21(7-9-23)26-31-33-34-32-26/h2-9,15-18,25H,10-14H2,1H3,(H,29,37)(H,30,38)(H,31,32,33,34)/t25-/m0/s1. The van der Waals surface area contributed by atoms with Gasteiger partial charge in [-0.05, 0) is 53.7 Å². The van der Waals surface area contributed by atoms with Crippen LogP contribution in [0.3, 0.4) is 0 Å². The molecule has 3 heterocycles. The third-order valence-electron chi connectivity index (χ3n) is 6.88. The molecule has 0 unspecified atom stereocenters. The molecule has 5 rings (SSSR count). The Balaban J connectivity index is 1.25. The Labute approximate surface area is 237 Å². The molecule has 0 radical (unpaired) electrons. The number of aromatic amines is 1. The maximum atomic E-state index is 13.2. The van der Waals surface area contributed by atoms with Gasteiger partial charge in [0.2, 0.25) is 28.2 Å². The van der Waals surface area contributed by atoms with E-state index in [1.165, 1.54) is 10.5 Å². The van der Waals surface area contributed by atoms with E-state index in [2.05, 4.69) is 41.1 Å². The number of aromatic nitrogens is 5. The second-order valence-electron chi connectivity index (χ2n) is 9.66. The van der Waals surface area contributed by atoms with Crippen molar-refractivity contribution in [2.45, 2.75) is 17.4 Å². The highest BCUT2D eigenvalue weighted by Crippen LogP contribution is 2.25. The minimum Gasteiger partial charge on any atom is -0.347 e. The van der Waals surface area contributed by atoms with Crippen LogP contribution in [0.15, 0.2) is 71.9 Å². The van der Waals surface area contributed by atoms with E-state index < -0.39 is 16.1 Å². The summed E-state index contributed by atoms with van der Waals surface area (Å²) in [5.74, 6) is 0.0606. The summed E-state index contributed by atoms with van der Waals surface area (Å²) in [6, 6.07) is 15.1. The third-order valence-corrected chi connectivity index (χ3v) is 8.75. The largest absolute Gasteiger partial charge is 0.347 e. The minimum atomic E-state index is -3.65. The Hall–Kier alpha value is -4.53. The van der Waals surface area contributed by atoms with Gasteiger partial charge in [-0.1, -0.05) is 24.3 Å². The van der Waals surface area contributed by atoms with Gasteiger partial charge in [-0.2, -0.15) is 9.52 Å². The smallest absolute Gasteiger partial charge is 0.247 e. The van der Waals surface area contributed by atoms with E-state index in [1.54, 1.807) is 36.5 Å². The lowest BCUT2D eigenvalue weighted by Gasteiger charge is -2.31. The zero-order valence-corrected chi connectivity index (χ0v) is 23.1. The van der Waals surface area contributed by atoms with Crippen LogP contribution in [0, 0.1) is 0 Å². The second-order valence-corrected chi connectivity index (χ2v) is 11.6. The topological polar surface area (TPSA) is 166 Å². The Kier molecular flexibility index (Phi) is 8.42. The monoisotopic (exact) mass is 575 g/mol. The number of tetrazole rings is 1. The maximum Gasteiger partial charge on any atom is 0.247 e. The van der Waals surface area contributed by atoms with Gasteiger partial charge in [0.1, 0.15) is 10.9 Å². The zero-order chi connectivity index (χ0) is 28.8. The normalized spacial score (nSPS) is 15.2. The maximum absolute atomic E-state index is 13.2. The van der Waals surface area contributed by atoms with Crippen LogP contribution >= 0.6 is 0 Å². The number of anilines is 1. The molecule has 1 aliphatic heterocycles. The number of sulfonamides is 1. The first-order valence-corrected chi connectivity index (χ1v) is 14.3. The lowest BCUT2D eigenvalue weighted by Crippen LogP contribution is -2.47. The van der Waals surface area contributed by atoms with Crippen molar-refractivity contribution in [3.63, 3.8) is 0 Å². The molecule has 212 valence electrons. The number of pyridine rings is 1. The molecule has 0 bridgehead atoms. The molecule has 1 atom stereocenters. The number of nitrogens with one attached hydrogen (secondary N) is 3. The summed E-state index contributed by atoms with van der Waals surface area (Å²) in [5, 5.41) is 19.2. The predicted molar refractivity (Wildman–Crippen MR) is 151 cm³/mol. The van der Waals surface area contributed by atoms with Crippen molar-refractivity contribution in [1.29, 1.82) is 0 Å². The lowest BCUT2D eigenvalue weighted by atomic mass is 10.0. The minimum absolute atomic E-state index is 0.154. The molecule has 2 aromatic heterocycles. The third kappa shape index (κ3) is 6.62. The molecule has 14 heteroatoms. The number of hydrogen-bond acceptors (Lipinski definition) is 9. The molecule has 3 N–H and O–H groups in total. The Morgan fingerprint density at radius 2 is 1.71 bits per heavy atom. The number of rotatable bonds is 10. The molecular weight excluding hydrogens is 546 g/mol. The fourth-order valence-corrected chi connectivity index (χ4v) is 5.90. The van der Waals surface area contributed by atoms with Gasteiger partial charge >= 0.3 is 0 Å². The average Bonchev–Trinajstić information content (AvgIpc) is 3.53. The van der Waals surface area contributed by atoms with E-state index in [0.717, 1.165) is 16.7 Å². The Morgan fingerprint density at radius 3 is 2.37 bits per heavy atom. The number of nitrogens with zero attached hydrogens (tertiary/aromatic N) is 6. The highest BCUT2D eigenvalue weighted by atomic mass is 32.2. The van der Waals surface area contributed by atoms with Gasteiger partial charge in [-0.3, -0.25) is 14.6 Å². The van der Waals surface area contributed by atoms with Crippen LogP contribution in [0.1, 0.15) is 5.56 Å². The lowest BCUT2D eigenvalue weighted by molar-refractivity contribution is -0.121. The van der Waals surface area contributed by atoms with Crippen LogP contribution in [0.25, 0.3) is 22.5 Å². The number of H-pyrrole nitrogens is 1. The van der Waals surface area contributed by atoms with E-state index in [4.69, 9.17) is 0 Å². The number of benzene rings is 2. The highest BCUT2D eigenvalue weighted by Gasteiger charge is 2.28. The van der Waals surface area contributed by atoms with Gasteiger partial charge in [0.25, 0.3) is 0 Å². The van der Waals surface area contributed by atoms with Crippen molar-refractivity contribution in [2.24, 2.45) is 0 Å². The van der Waals surface area contributed by atoms with Gasteiger partial charge in [-0.15, -0.1) is 10.2 Å². The molecule has 0 aliphatic carbocycles. The van der Waals surface area contributed by atoms with Crippen molar-refractivity contribution in [2.75, 3.05) is 38.5 Å². The van der Waals surface area contributed by atoms with Crippen molar-refractivity contribution >= 4 is 28.0 Å². The molecule has 2 aromatic carbocycles. The van der Waals surface area contributed by atoms with Crippen LogP contribution in [-0.4, -0.2) is 94.8 Å². The molecule has 13 nitrogen and oxygen atoms in total. The van der Waals surface area contributed by atoms with Crippen molar-refractivity contribution in [1.82, 2.24) is 40.1 Å². The fraction of sp³-hybridized carbons (Fsp3) is 0.259.